The number of hydrogen-bond acceptors (Lipinski definition) is 4. The largest absolute Gasteiger partial charge is 0.485 e. The fraction of sp³-hybridized carbons (Fsp3) is 0.273. The molecule has 0 amide bonds. The molecule has 3 aromatic rings. The molecule has 0 saturated carbocycles. The van der Waals surface area contributed by atoms with E-state index < -0.39 is 11.4 Å². The zero-order valence-corrected chi connectivity index (χ0v) is 15.4. The Morgan fingerprint density at radius 3 is 2.59 bits per heavy atom. The number of ketones is 1. The average Bonchev–Trinajstić information content (AvgIpc) is 2.66. The summed E-state index contributed by atoms with van der Waals surface area (Å²) in [6, 6.07) is 10.5. The monoisotopic (exact) mass is 368 g/mol. The molecule has 0 N–H and O–H groups in total. The van der Waals surface area contributed by atoms with Crippen molar-refractivity contribution in [2.45, 2.75) is 33.1 Å². The summed E-state index contributed by atoms with van der Waals surface area (Å²) in [6.07, 6.45) is 2.83. The van der Waals surface area contributed by atoms with Gasteiger partial charge in [-0.1, -0.05) is 13.3 Å². The summed E-state index contributed by atoms with van der Waals surface area (Å²) in [4.78, 5) is 24.1. The fourth-order valence-electron chi connectivity index (χ4n) is 3.00. The second kappa shape index (κ2) is 8.16. The van der Waals surface area contributed by atoms with Crippen molar-refractivity contribution < 1.29 is 18.3 Å². The van der Waals surface area contributed by atoms with Crippen molar-refractivity contribution in [2.75, 3.05) is 6.61 Å². The second-order valence-electron chi connectivity index (χ2n) is 6.48. The van der Waals surface area contributed by atoms with Gasteiger partial charge in [0, 0.05) is 22.6 Å². The number of fused-ring (bicyclic) bond motifs is 1. The first-order chi connectivity index (χ1) is 13.0. The van der Waals surface area contributed by atoms with Crippen LogP contribution in [0.25, 0.3) is 11.0 Å². The van der Waals surface area contributed by atoms with E-state index in [4.69, 9.17) is 9.15 Å². The quantitative estimate of drug-likeness (QED) is 0.442. The first-order valence-electron chi connectivity index (χ1n) is 8.97. The van der Waals surface area contributed by atoms with Gasteiger partial charge in [0.2, 0.25) is 0 Å². The third-order valence-corrected chi connectivity index (χ3v) is 4.52. The van der Waals surface area contributed by atoms with E-state index in [1.54, 1.807) is 13.0 Å². The van der Waals surface area contributed by atoms with Gasteiger partial charge in [-0.2, -0.15) is 0 Å². The Balaban J connectivity index is 1.85. The topological polar surface area (TPSA) is 56.5 Å². The normalized spacial score (nSPS) is 10.9. The SMILES string of the molecule is CCCCc1cc(=O)oc2c(C)c(OCC(=O)c3ccc(F)cc3)ccc12. The number of carbonyl (C=O) groups is 1. The zero-order chi connectivity index (χ0) is 19.4. The lowest BCUT2D eigenvalue weighted by atomic mass is 10.0. The van der Waals surface area contributed by atoms with Gasteiger partial charge in [0.25, 0.3) is 0 Å². The van der Waals surface area contributed by atoms with Crippen molar-refractivity contribution in [3.63, 3.8) is 0 Å². The highest BCUT2D eigenvalue weighted by Crippen LogP contribution is 2.29. The summed E-state index contributed by atoms with van der Waals surface area (Å²) in [7, 11) is 0. The number of halogens is 1. The Bertz CT molecular complexity index is 1020. The summed E-state index contributed by atoms with van der Waals surface area (Å²) in [5, 5.41) is 0.887. The van der Waals surface area contributed by atoms with Crippen molar-refractivity contribution in [1.82, 2.24) is 0 Å². The molecule has 0 bridgehead atoms. The van der Waals surface area contributed by atoms with Crippen LogP contribution in [0.3, 0.4) is 0 Å². The van der Waals surface area contributed by atoms with E-state index in [0.29, 0.717) is 22.5 Å². The van der Waals surface area contributed by atoms with Gasteiger partial charge in [-0.3, -0.25) is 4.79 Å². The molecule has 0 aliphatic carbocycles. The van der Waals surface area contributed by atoms with E-state index in [-0.39, 0.29) is 12.4 Å². The first kappa shape index (κ1) is 18.8. The maximum atomic E-state index is 13.0. The van der Waals surface area contributed by atoms with Crippen molar-refractivity contribution >= 4 is 16.8 Å². The van der Waals surface area contributed by atoms with Gasteiger partial charge in [0.1, 0.15) is 17.1 Å². The zero-order valence-electron chi connectivity index (χ0n) is 15.4. The second-order valence-corrected chi connectivity index (χ2v) is 6.48. The maximum Gasteiger partial charge on any atom is 0.336 e. The van der Waals surface area contributed by atoms with Crippen LogP contribution in [-0.4, -0.2) is 12.4 Å². The Morgan fingerprint density at radius 2 is 1.89 bits per heavy atom. The number of aryl methyl sites for hydroxylation is 2. The Labute approximate surface area is 156 Å². The lowest BCUT2D eigenvalue weighted by Gasteiger charge is -2.12. The molecule has 0 aliphatic heterocycles. The van der Waals surface area contributed by atoms with Crippen LogP contribution in [0.4, 0.5) is 4.39 Å². The predicted octanol–water partition coefficient (Wildman–Crippen LogP) is 4.84. The molecule has 140 valence electrons. The van der Waals surface area contributed by atoms with Crippen LogP contribution in [-0.2, 0) is 6.42 Å². The number of hydrogen-bond donors (Lipinski definition) is 0. The van der Waals surface area contributed by atoms with Crippen LogP contribution < -0.4 is 10.4 Å². The highest BCUT2D eigenvalue weighted by molar-refractivity contribution is 5.97. The van der Waals surface area contributed by atoms with Gasteiger partial charge in [-0.25, -0.2) is 9.18 Å². The van der Waals surface area contributed by atoms with Crippen LogP contribution in [0.1, 0.15) is 41.3 Å². The standard InChI is InChI=1S/C22H21FO4/c1-3-4-5-16-12-21(25)27-22-14(2)20(11-10-18(16)22)26-13-19(24)15-6-8-17(23)9-7-15/h6-12H,3-5,13H2,1-2H3. The summed E-state index contributed by atoms with van der Waals surface area (Å²) >= 11 is 0. The van der Waals surface area contributed by atoms with Crippen LogP contribution in [0.5, 0.6) is 5.75 Å². The summed E-state index contributed by atoms with van der Waals surface area (Å²) in [6.45, 7) is 3.72. The first-order valence-corrected chi connectivity index (χ1v) is 8.97. The van der Waals surface area contributed by atoms with E-state index >= 15 is 0 Å². The molecule has 5 heteroatoms. The van der Waals surface area contributed by atoms with Crippen LogP contribution in [0, 0.1) is 12.7 Å². The van der Waals surface area contributed by atoms with Gasteiger partial charge in [-0.05, 0) is 61.7 Å². The van der Waals surface area contributed by atoms with Crippen molar-refractivity contribution in [3.8, 4) is 5.75 Å². The molecule has 0 fully saturated rings. The number of rotatable bonds is 7. The molecule has 1 aromatic heterocycles. The molecule has 2 aromatic carbocycles. The van der Waals surface area contributed by atoms with Crippen molar-refractivity contribution in [1.29, 1.82) is 0 Å². The molecule has 0 saturated heterocycles. The van der Waals surface area contributed by atoms with E-state index in [1.807, 2.05) is 6.07 Å². The molecule has 4 nitrogen and oxygen atoms in total. The minimum atomic E-state index is -0.397. The van der Waals surface area contributed by atoms with E-state index in [2.05, 4.69) is 6.92 Å². The van der Waals surface area contributed by atoms with Gasteiger partial charge in [-0.15, -0.1) is 0 Å². The van der Waals surface area contributed by atoms with Crippen LogP contribution >= 0.6 is 0 Å². The summed E-state index contributed by atoms with van der Waals surface area (Å²) in [5.41, 5.74) is 2.11. The molecule has 1 heterocycles. The average molecular weight is 368 g/mol. The molecule has 0 aliphatic rings. The van der Waals surface area contributed by atoms with Gasteiger partial charge in [0.15, 0.2) is 12.4 Å². The summed E-state index contributed by atoms with van der Waals surface area (Å²) < 4.78 is 24.0. The minimum absolute atomic E-state index is 0.183. The Morgan fingerprint density at radius 1 is 1.15 bits per heavy atom. The molecule has 3 rings (SSSR count). The molecule has 0 spiro atoms. The van der Waals surface area contributed by atoms with Gasteiger partial charge >= 0.3 is 5.63 Å². The molecule has 27 heavy (non-hydrogen) atoms. The number of Topliss-reactive ketones (excluding diaryl/α,β-unsaturated/α-hetero) is 1. The van der Waals surface area contributed by atoms with Crippen LogP contribution in [0.15, 0.2) is 51.7 Å². The fourth-order valence-corrected chi connectivity index (χ4v) is 3.00. The third kappa shape index (κ3) is 4.25. The number of unbranched alkanes of at least 4 members (excludes halogenated alkanes) is 1. The Kier molecular flexibility index (Phi) is 5.69. The highest BCUT2D eigenvalue weighted by Gasteiger charge is 2.13. The smallest absolute Gasteiger partial charge is 0.336 e. The molecular weight excluding hydrogens is 347 g/mol. The Hall–Kier alpha value is -2.95. The predicted molar refractivity (Wildman–Crippen MR) is 102 cm³/mol. The third-order valence-electron chi connectivity index (χ3n) is 4.52. The van der Waals surface area contributed by atoms with Crippen molar-refractivity contribution in [2.24, 2.45) is 0 Å². The number of benzene rings is 2. The molecule has 0 unspecified atom stereocenters. The maximum absolute atomic E-state index is 13.0. The lowest BCUT2D eigenvalue weighted by molar-refractivity contribution is 0.0921. The lowest BCUT2D eigenvalue weighted by Crippen LogP contribution is -2.12. The molecular formula is C22H21FO4. The molecule has 0 radical (unpaired) electrons. The van der Waals surface area contributed by atoms with Crippen LogP contribution in [0.2, 0.25) is 0 Å². The van der Waals surface area contributed by atoms with E-state index in [9.17, 15) is 14.0 Å². The van der Waals surface area contributed by atoms with Gasteiger partial charge < -0.3 is 9.15 Å². The number of carbonyl (C=O) groups excluding carboxylic acids is 1. The molecule has 0 atom stereocenters. The minimum Gasteiger partial charge on any atom is -0.485 e. The highest BCUT2D eigenvalue weighted by atomic mass is 19.1. The van der Waals surface area contributed by atoms with E-state index in [1.165, 1.54) is 30.3 Å². The number of ether oxygens (including phenoxy) is 1. The summed E-state index contributed by atoms with van der Waals surface area (Å²) in [5.74, 6) is -0.173. The van der Waals surface area contributed by atoms with Gasteiger partial charge in [0.05, 0.1) is 0 Å². The van der Waals surface area contributed by atoms with E-state index in [0.717, 1.165) is 30.2 Å². The van der Waals surface area contributed by atoms with Crippen molar-refractivity contribution in [3.05, 3.63) is 75.4 Å².